The van der Waals surface area contributed by atoms with Crippen LogP contribution in [0.3, 0.4) is 0 Å². The average molecular weight is 357 g/mol. The second-order valence-electron chi connectivity index (χ2n) is 6.41. The first kappa shape index (κ1) is 17.0. The molecule has 0 bridgehead atoms. The predicted octanol–water partition coefficient (Wildman–Crippen LogP) is 2.98. The van der Waals surface area contributed by atoms with Crippen molar-refractivity contribution >= 4 is 15.9 Å². The summed E-state index contributed by atoms with van der Waals surface area (Å²) in [6.07, 6.45) is 6.25. The zero-order valence-corrected chi connectivity index (χ0v) is 15.6. The Morgan fingerprint density at radius 3 is 2.48 bits per heavy atom. The van der Waals surface area contributed by atoms with Crippen molar-refractivity contribution in [2.45, 2.75) is 64.1 Å². The van der Waals surface area contributed by atoms with E-state index in [0.717, 1.165) is 18.7 Å². The molecule has 1 fully saturated rings. The van der Waals surface area contributed by atoms with Crippen LogP contribution in [0, 0.1) is 6.92 Å². The monoisotopic (exact) mass is 356 g/mol. The lowest BCUT2D eigenvalue weighted by molar-refractivity contribution is 0.107. The Bertz CT molecular complexity index is 475. The minimum atomic E-state index is 0.269. The summed E-state index contributed by atoms with van der Waals surface area (Å²) in [6.45, 7) is 5.16. The fourth-order valence-corrected chi connectivity index (χ4v) is 4.36. The molecule has 0 spiro atoms. The number of halogens is 1. The number of aryl methyl sites for hydroxylation is 2. The molecule has 0 amide bonds. The summed E-state index contributed by atoms with van der Waals surface area (Å²) in [5.41, 5.74) is 2.68. The highest BCUT2D eigenvalue weighted by atomic mass is 79.9. The number of hydrogen-bond acceptors (Lipinski definition) is 3. The fourth-order valence-electron chi connectivity index (χ4n) is 3.91. The number of hydrogen-bond donors (Lipinski definition) is 1. The molecular formula is C16H29BrN4. The zero-order chi connectivity index (χ0) is 15.6. The predicted molar refractivity (Wildman–Crippen MR) is 91.8 cm³/mol. The highest BCUT2D eigenvalue weighted by molar-refractivity contribution is 9.10. The largest absolute Gasteiger partial charge is 0.315 e. The van der Waals surface area contributed by atoms with E-state index < -0.39 is 0 Å². The molecule has 1 saturated carbocycles. The van der Waals surface area contributed by atoms with Gasteiger partial charge in [0.05, 0.1) is 15.9 Å². The average Bonchev–Trinajstić information content (AvgIpc) is 3.05. The molecule has 1 heterocycles. The lowest BCUT2D eigenvalue weighted by atomic mass is 9.84. The molecule has 0 aromatic carbocycles. The van der Waals surface area contributed by atoms with Crippen molar-refractivity contribution in [1.29, 1.82) is 0 Å². The molecule has 21 heavy (non-hydrogen) atoms. The summed E-state index contributed by atoms with van der Waals surface area (Å²) < 4.78 is 3.32. The van der Waals surface area contributed by atoms with Gasteiger partial charge >= 0.3 is 0 Å². The molecule has 2 rings (SSSR count). The van der Waals surface area contributed by atoms with Gasteiger partial charge in [0.25, 0.3) is 0 Å². The van der Waals surface area contributed by atoms with Gasteiger partial charge < -0.3 is 10.2 Å². The first-order chi connectivity index (χ1) is 9.96. The number of likely N-dealkylation sites (N-methyl/N-ethyl adjacent to an activating group) is 2. The van der Waals surface area contributed by atoms with Crippen LogP contribution in [0.25, 0.3) is 0 Å². The third kappa shape index (κ3) is 3.06. The van der Waals surface area contributed by atoms with E-state index in [2.05, 4.69) is 70.9 Å². The summed E-state index contributed by atoms with van der Waals surface area (Å²) in [5.74, 6) is 0. The Morgan fingerprint density at radius 1 is 1.38 bits per heavy atom. The minimum Gasteiger partial charge on any atom is -0.315 e. The third-order valence-electron chi connectivity index (χ3n) is 5.21. The number of nitrogens with one attached hydrogen (secondary N) is 1. The van der Waals surface area contributed by atoms with Crippen LogP contribution in [0.15, 0.2) is 4.47 Å². The lowest BCUT2D eigenvalue weighted by Crippen LogP contribution is -2.57. The van der Waals surface area contributed by atoms with E-state index in [4.69, 9.17) is 0 Å². The standard InChI is InChI=1S/C16H29BrN4/c1-6-21-13(15(17)12(2)19-21)11-14(18-3)16(20(4)5)9-7-8-10-16/h14,18H,6-11H2,1-5H3. The minimum absolute atomic E-state index is 0.269. The smallest absolute Gasteiger partial charge is 0.0738 e. The Balaban J connectivity index is 2.31. The van der Waals surface area contributed by atoms with Crippen LogP contribution < -0.4 is 5.32 Å². The fraction of sp³-hybridized carbons (Fsp3) is 0.812. The summed E-state index contributed by atoms with van der Waals surface area (Å²) in [4.78, 5) is 2.44. The normalized spacial score (nSPS) is 19.4. The van der Waals surface area contributed by atoms with E-state index in [-0.39, 0.29) is 5.54 Å². The van der Waals surface area contributed by atoms with Crippen LogP contribution in [0.2, 0.25) is 0 Å². The molecule has 1 unspecified atom stereocenters. The lowest BCUT2D eigenvalue weighted by Gasteiger charge is -2.43. The van der Waals surface area contributed by atoms with Gasteiger partial charge in [-0.25, -0.2) is 0 Å². The van der Waals surface area contributed by atoms with Crippen molar-refractivity contribution in [2.24, 2.45) is 0 Å². The quantitative estimate of drug-likeness (QED) is 0.850. The van der Waals surface area contributed by atoms with Crippen LogP contribution >= 0.6 is 15.9 Å². The van der Waals surface area contributed by atoms with Gasteiger partial charge in [-0.1, -0.05) is 12.8 Å². The number of nitrogens with zero attached hydrogens (tertiary/aromatic N) is 3. The van der Waals surface area contributed by atoms with Crippen molar-refractivity contribution in [3.05, 3.63) is 15.9 Å². The molecule has 1 aliphatic carbocycles. The molecule has 1 atom stereocenters. The summed E-state index contributed by atoms with van der Waals surface area (Å²) >= 11 is 3.74. The Labute approximate surface area is 137 Å². The van der Waals surface area contributed by atoms with Gasteiger partial charge in [0, 0.05) is 24.5 Å². The number of aromatic nitrogens is 2. The summed E-state index contributed by atoms with van der Waals surface area (Å²) in [6, 6.07) is 0.452. The molecule has 5 heteroatoms. The second-order valence-corrected chi connectivity index (χ2v) is 7.21. The first-order valence-corrected chi connectivity index (χ1v) is 8.82. The third-order valence-corrected chi connectivity index (χ3v) is 6.24. The summed E-state index contributed by atoms with van der Waals surface area (Å²) in [5, 5.41) is 8.24. The summed E-state index contributed by atoms with van der Waals surface area (Å²) in [7, 11) is 6.56. The molecule has 1 N–H and O–H groups in total. The maximum absolute atomic E-state index is 4.64. The Kier molecular flexibility index (Phi) is 5.49. The topological polar surface area (TPSA) is 33.1 Å². The maximum Gasteiger partial charge on any atom is 0.0738 e. The molecule has 1 aliphatic rings. The molecule has 0 radical (unpaired) electrons. The van der Waals surface area contributed by atoms with E-state index in [1.807, 2.05) is 0 Å². The van der Waals surface area contributed by atoms with E-state index in [0.29, 0.717) is 6.04 Å². The van der Waals surface area contributed by atoms with Gasteiger partial charge in [0.1, 0.15) is 0 Å². The highest BCUT2D eigenvalue weighted by Gasteiger charge is 2.43. The van der Waals surface area contributed by atoms with Gasteiger partial charge in [-0.05, 0) is 63.8 Å². The maximum atomic E-state index is 4.64. The highest BCUT2D eigenvalue weighted by Crippen LogP contribution is 2.38. The molecule has 1 aromatic rings. The van der Waals surface area contributed by atoms with Crippen molar-refractivity contribution < 1.29 is 0 Å². The van der Waals surface area contributed by atoms with Crippen LogP contribution in [-0.2, 0) is 13.0 Å². The van der Waals surface area contributed by atoms with Crippen molar-refractivity contribution in [3.8, 4) is 0 Å². The van der Waals surface area contributed by atoms with Crippen LogP contribution in [-0.4, -0.2) is 47.4 Å². The van der Waals surface area contributed by atoms with E-state index in [9.17, 15) is 0 Å². The van der Waals surface area contributed by atoms with Crippen LogP contribution in [0.5, 0.6) is 0 Å². The van der Waals surface area contributed by atoms with Gasteiger partial charge in [-0.15, -0.1) is 0 Å². The van der Waals surface area contributed by atoms with Gasteiger partial charge in [-0.2, -0.15) is 5.10 Å². The van der Waals surface area contributed by atoms with Gasteiger partial charge in [0.15, 0.2) is 0 Å². The Hall–Kier alpha value is -0.390. The molecule has 0 aliphatic heterocycles. The molecule has 120 valence electrons. The Morgan fingerprint density at radius 2 is 2.00 bits per heavy atom. The molecule has 0 saturated heterocycles. The zero-order valence-electron chi connectivity index (χ0n) is 14.0. The number of rotatable bonds is 6. The van der Waals surface area contributed by atoms with Gasteiger partial charge in [0.2, 0.25) is 0 Å². The van der Waals surface area contributed by atoms with Crippen LogP contribution in [0.1, 0.15) is 44.0 Å². The van der Waals surface area contributed by atoms with Crippen LogP contribution in [0.4, 0.5) is 0 Å². The first-order valence-electron chi connectivity index (χ1n) is 8.02. The molecule has 1 aromatic heterocycles. The van der Waals surface area contributed by atoms with Crippen molar-refractivity contribution in [3.63, 3.8) is 0 Å². The van der Waals surface area contributed by atoms with E-state index in [1.165, 1.54) is 35.8 Å². The SMILES string of the molecule is CCn1nc(C)c(Br)c1CC(NC)C1(N(C)C)CCCC1. The molecular weight excluding hydrogens is 328 g/mol. The molecule has 4 nitrogen and oxygen atoms in total. The van der Waals surface area contributed by atoms with E-state index in [1.54, 1.807) is 0 Å². The van der Waals surface area contributed by atoms with E-state index >= 15 is 0 Å². The van der Waals surface area contributed by atoms with Crippen molar-refractivity contribution in [1.82, 2.24) is 20.0 Å². The van der Waals surface area contributed by atoms with Gasteiger partial charge in [-0.3, -0.25) is 4.68 Å². The second kappa shape index (κ2) is 6.80. The van der Waals surface area contributed by atoms with Crippen molar-refractivity contribution in [2.75, 3.05) is 21.1 Å².